The summed E-state index contributed by atoms with van der Waals surface area (Å²) < 4.78 is 55.5. The number of esters is 1. The zero-order valence-corrected chi connectivity index (χ0v) is 11.2. The van der Waals surface area contributed by atoms with Crippen LogP contribution >= 0.6 is 0 Å². The summed E-state index contributed by atoms with van der Waals surface area (Å²) in [7, 11) is 0. The van der Waals surface area contributed by atoms with E-state index < -0.39 is 29.1 Å². The minimum Gasteiger partial charge on any atom is -0.457 e. The van der Waals surface area contributed by atoms with Crippen molar-refractivity contribution in [2.75, 3.05) is 0 Å². The number of carbonyl (C=O) groups is 1. The molecular weight excluding hydrogens is 276 g/mol. The summed E-state index contributed by atoms with van der Waals surface area (Å²) in [5.41, 5.74) is -2.00. The van der Waals surface area contributed by atoms with E-state index in [2.05, 4.69) is 0 Å². The molecule has 0 bridgehead atoms. The quantitative estimate of drug-likeness (QED) is 0.463. The van der Waals surface area contributed by atoms with E-state index in [4.69, 9.17) is 4.74 Å². The molecule has 0 aliphatic carbocycles. The van der Waals surface area contributed by atoms with Gasteiger partial charge < -0.3 is 4.74 Å². The third-order valence-electron chi connectivity index (χ3n) is 2.11. The Balaban J connectivity index is 2.92. The van der Waals surface area contributed by atoms with Crippen molar-refractivity contribution < 1.29 is 27.1 Å². The molecular formula is C14H14F4O2. The van der Waals surface area contributed by atoms with Crippen molar-refractivity contribution in [2.45, 2.75) is 32.5 Å². The van der Waals surface area contributed by atoms with E-state index in [0.29, 0.717) is 12.1 Å². The van der Waals surface area contributed by atoms with Gasteiger partial charge in [-0.15, -0.1) is 0 Å². The Morgan fingerprint density at radius 2 is 1.80 bits per heavy atom. The Morgan fingerprint density at radius 3 is 2.30 bits per heavy atom. The first-order chi connectivity index (χ1) is 8.99. The van der Waals surface area contributed by atoms with Crippen molar-refractivity contribution in [3.8, 4) is 0 Å². The summed E-state index contributed by atoms with van der Waals surface area (Å²) >= 11 is 0. The van der Waals surface area contributed by atoms with Crippen molar-refractivity contribution in [2.24, 2.45) is 0 Å². The molecule has 6 heteroatoms. The van der Waals surface area contributed by atoms with Crippen LogP contribution in [0.3, 0.4) is 0 Å². The van der Waals surface area contributed by atoms with Crippen LogP contribution in [0.1, 0.15) is 31.9 Å². The molecule has 0 amide bonds. The number of rotatable bonds is 2. The second kappa shape index (κ2) is 5.64. The number of benzene rings is 1. The molecule has 1 rings (SSSR count). The van der Waals surface area contributed by atoms with Gasteiger partial charge in [0.1, 0.15) is 11.4 Å². The fraction of sp³-hybridized carbons (Fsp3) is 0.357. The maximum atomic E-state index is 13.1. The topological polar surface area (TPSA) is 26.3 Å². The highest BCUT2D eigenvalue weighted by Crippen LogP contribution is 2.32. The average Bonchev–Trinajstić information content (AvgIpc) is 2.24. The highest BCUT2D eigenvalue weighted by atomic mass is 19.4. The van der Waals surface area contributed by atoms with E-state index in [1.54, 1.807) is 20.8 Å². The Morgan fingerprint density at radius 1 is 1.20 bits per heavy atom. The van der Waals surface area contributed by atoms with Crippen LogP contribution in [0.15, 0.2) is 24.3 Å². The van der Waals surface area contributed by atoms with E-state index in [0.717, 1.165) is 18.2 Å². The van der Waals surface area contributed by atoms with Gasteiger partial charge in [-0.25, -0.2) is 9.18 Å². The van der Waals surface area contributed by atoms with Crippen LogP contribution in [-0.4, -0.2) is 11.6 Å². The summed E-state index contributed by atoms with van der Waals surface area (Å²) in [4.78, 5) is 11.4. The second-order valence-electron chi connectivity index (χ2n) is 5.10. The number of hydrogen-bond acceptors (Lipinski definition) is 2. The van der Waals surface area contributed by atoms with Crippen LogP contribution < -0.4 is 0 Å². The minimum atomic E-state index is -4.78. The van der Waals surface area contributed by atoms with Crippen LogP contribution in [0.4, 0.5) is 17.6 Å². The summed E-state index contributed by atoms with van der Waals surface area (Å²) in [6.07, 6.45) is -2.64. The highest BCUT2D eigenvalue weighted by Gasteiger charge is 2.34. The van der Waals surface area contributed by atoms with Gasteiger partial charge in [-0.2, -0.15) is 13.2 Å². The lowest BCUT2D eigenvalue weighted by molar-refractivity contribution is -0.148. The van der Waals surface area contributed by atoms with Crippen LogP contribution in [0, 0.1) is 5.82 Å². The standard InChI is InChI=1S/C14H14F4O2/c1-13(2,3)20-12(19)7-5-9-4-6-11(15)10(8-9)14(16,17)18/h4-8H,1-3H3. The molecule has 1 aromatic rings. The van der Waals surface area contributed by atoms with Crippen LogP contribution in [0.2, 0.25) is 0 Å². The second-order valence-corrected chi connectivity index (χ2v) is 5.10. The van der Waals surface area contributed by atoms with Gasteiger partial charge in [-0.3, -0.25) is 0 Å². The minimum absolute atomic E-state index is 0.0598. The fourth-order valence-corrected chi connectivity index (χ4v) is 1.36. The lowest BCUT2D eigenvalue weighted by Crippen LogP contribution is -2.22. The van der Waals surface area contributed by atoms with Gasteiger partial charge >= 0.3 is 12.1 Å². The molecule has 0 fully saturated rings. The van der Waals surface area contributed by atoms with Gasteiger partial charge in [0.05, 0.1) is 5.56 Å². The Labute approximate surface area is 114 Å². The molecule has 0 N–H and O–H groups in total. The lowest BCUT2D eigenvalue weighted by Gasteiger charge is -2.17. The number of halogens is 4. The molecule has 0 spiro atoms. The maximum absolute atomic E-state index is 13.1. The Hall–Kier alpha value is -1.85. The lowest BCUT2D eigenvalue weighted by atomic mass is 10.1. The molecule has 0 radical (unpaired) electrons. The fourth-order valence-electron chi connectivity index (χ4n) is 1.36. The normalized spacial score (nSPS) is 12.8. The molecule has 0 saturated heterocycles. The first-order valence-electron chi connectivity index (χ1n) is 5.77. The van der Waals surface area contributed by atoms with Gasteiger partial charge in [-0.05, 0) is 44.5 Å². The van der Waals surface area contributed by atoms with Crippen LogP contribution in [0.25, 0.3) is 6.08 Å². The summed E-state index contributed by atoms with van der Waals surface area (Å²) in [5, 5.41) is 0. The van der Waals surface area contributed by atoms with Crippen molar-refractivity contribution in [1.29, 1.82) is 0 Å². The summed E-state index contributed by atoms with van der Waals surface area (Å²) in [6.45, 7) is 5.00. The Kier molecular flexibility index (Phi) is 4.57. The summed E-state index contributed by atoms with van der Waals surface area (Å²) in [5.74, 6) is -2.04. The molecule has 0 heterocycles. The van der Waals surface area contributed by atoms with E-state index in [9.17, 15) is 22.4 Å². The predicted molar refractivity (Wildman–Crippen MR) is 66.3 cm³/mol. The molecule has 0 unspecified atom stereocenters. The zero-order chi connectivity index (χ0) is 15.6. The van der Waals surface area contributed by atoms with Crippen LogP contribution in [-0.2, 0) is 15.7 Å². The number of alkyl halides is 3. The maximum Gasteiger partial charge on any atom is 0.419 e. The van der Waals surface area contributed by atoms with E-state index in [-0.39, 0.29) is 5.56 Å². The predicted octanol–water partition coefficient (Wildman–Crippen LogP) is 4.20. The largest absolute Gasteiger partial charge is 0.457 e. The Bertz CT molecular complexity index is 525. The third kappa shape index (κ3) is 5.03. The molecule has 0 atom stereocenters. The first kappa shape index (κ1) is 16.2. The molecule has 20 heavy (non-hydrogen) atoms. The monoisotopic (exact) mass is 290 g/mol. The van der Waals surface area contributed by atoms with Crippen molar-refractivity contribution in [3.05, 3.63) is 41.2 Å². The van der Waals surface area contributed by atoms with Gasteiger partial charge in [0.25, 0.3) is 0 Å². The van der Waals surface area contributed by atoms with E-state index >= 15 is 0 Å². The van der Waals surface area contributed by atoms with Gasteiger partial charge in [0, 0.05) is 6.08 Å². The van der Waals surface area contributed by atoms with Crippen molar-refractivity contribution >= 4 is 12.0 Å². The molecule has 110 valence electrons. The van der Waals surface area contributed by atoms with E-state index in [1.807, 2.05) is 0 Å². The molecule has 0 aliphatic rings. The van der Waals surface area contributed by atoms with Crippen LogP contribution in [0.5, 0.6) is 0 Å². The number of carbonyl (C=O) groups excluding carboxylic acids is 1. The number of ether oxygens (including phenoxy) is 1. The van der Waals surface area contributed by atoms with Crippen molar-refractivity contribution in [3.63, 3.8) is 0 Å². The van der Waals surface area contributed by atoms with Gasteiger partial charge in [0.15, 0.2) is 0 Å². The van der Waals surface area contributed by atoms with Gasteiger partial charge in [-0.1, -0.05) is 6.07 Å². The first-order valence-corrected chi connectivity index (χ1v) is 5.77. The SMILES string of the molecule is CC(C)(C)OC(=O)C=Cc1ccc(F)c(C(F)(F)F)c1. The smallest absolute Gasteiger partial charge is 0.419 e. The third-order valence-corrected chi connectivity index (χ3v) is 2.11. The summed E-state index contributed by atoms with van der Waals surface area (Å²) in [6, 6.07) is 2.49. The molecule has 0 aromatic heterocycles. The zero-order valence-electron chi connectivity index (χ0n) is 11.2. The highest BCUT2D eigenvalue weighted by molar-refractivity contribution is 5.87. The van der Waals surface area contributed by atoms with Crippen molar-refractivity contribution in [1.82, 2.24) is 0 Å². The molecule has 0 saturated carbocycles. The average molecular weight is 290 g/mol. The molecule has 2 nitrogen and oxygen atoms in total. The van der Waals surface area contributed by atoms with Gasteiger partial charge in [0.2, 0.25) is 0 Å². The number of hydrogen-bond donors (Lipinski definition) is 0. The molecule has 0 aliphatic heterocycles. The molecule has 1 aromatic carbocycles. The van der Waals surface area contributed by atoms with E-state index in [1.165, 1.54) is 0 Å².